The molecule has 0 saturated carbocycles. The Morgan fingerprint density at radius 1 is 1.13 bits per heavy atom. The molecular weight excluding hydrogens is 286 g/mol. The van der Waals surface area contributed by atoms with Gasteiger partial charge in [-0.3, -0.25) is 0 Å². The summed E-state index contributed by atoms with van der Waals surface area (Å²) < 4.78 is 2.13. The third-order valence-electron chi connectivity index (χ3n) is 4.57. The van der Waals surface area contributed by atoms with Crippen molar-refractivity contribution in [3.05, 3.63) is 60.7 Å². The maximum Gasteiger partial charge on any atom is 0.116 e. The molecule has 0 fully saturated rings. The second-order valence-electron chi connectivity index (χ2n) is 6.37. The number of hydrogen-bond donors (Lipinski definition) is 1. The maximum absolute atomic E-state index is 9.60. The number of hydrogen-bond acceptors (Lipinski definition) is 3. The maximum atomic E-state index is 9.60. The van der Waals surface area contributed by atoms with E-state index in [2.05, 4.69) is 53.7 Å². The van der Waals surface area contributed by atoms with E-state index in [-0.39, 0.29) is 0 Å². The average Bonchev–Trinajstić information content (AvgIpc) is 3.04. The van der Waals surface area contributed by atoms with E-state index in [9.17, 15) is 5.11 Å². The predicted molar refractivity (Wildman–Crippen MR) is 93.7 cm³/mol. The lowest BCUT2D eigenvalue weighted by Crippen LogP contribution is -2.36. The van der Waals surface area contributed by atoms with Crippen LogP contribution in [-0.2, 0) is 6.54 Å². The van der Waals surface area contributed by atoms with Crippen molar-refractivity contribution in [2.45, 2.75) is 25.4 Å². The van der Waals surface area contributed by atoms with Gasteiger partial charge in [0.1, 0.15) is 5.75 Å². The molecule has 0 saturated heterocycles. The molecule has 2 atom stereocenters. The van der Waals surface area contributed by atoms with Gasteiger partial charge < -0.3 is 14.6 Å². The van der Waals surface area contributed by atoms with Crippen LogP contribution in [0.3, 0.4) is 0 Å². The van der Waals surface area contributed by atoms with Gasteiger partial charge in [-0.25, -0.2) is 4.98 Å². The van der Waals surface area contributed by atoms with Crippen molar-refractivity contribution in [1.82, 2.24) is 14.5 Å². The Morgan fingerprint density at radius 3 is 2.57 bits per heavy atom. The van der Waals surface area contributed by atoms with Gasteiger partial charge in [-0.2, -0.15) is 0 Å². The topological polar surface area (TPSA) is 41.3 Å². The molecule has 0 amide bonds. The molecule has 3 aromatic rings. The molecule has 0 spiro atoms. The lowest BCUT2D eigenvalue weighted by atomic mass is 9.90. The zero-order valence-electron chi connectivity index (χ0n) is 13.8. The van der Waals surface area contributed by atoms with E-state index in [0.29, 0.717) is 17.7 Å². The highest BCUT2D eigenvalue weighted by Gasteiger charge is 2.21. The van der Waals surface area contributed by atoms with Gasteiger partial charge in [0, 0.05) is 25.0 Å². The lowest BCUT2D eigenvalue weighted by Gasteiger charge is -2.31. The van der Waals surface area contributed by atoms with Gasteiger partial charge in [-0.15, -0.1) is 0 Å². The molecule has 0 aliphatic heterocycles. The fraction of sp³-hybridized carbons (Fsp3) is 0.316. The Labute approximate surface area is 137 Å². The highest BCUT2D eigenvalue weighted by Crippen LogP contribution is 2.28. The quantitative estimate of drug-likeness (QED) is 0.784. The summed E-state index contributed by atoms with van der Waals surface area (Å²) in [5, 5.41) is 11.8. The molecule has 3 rings (SSSR count). The zero-order valence-corrected chi connectivity index (χ0v) is 13.8. The Kier molecular flexibility index (Phi) is 4.35. The number of imidazole rings is 1. The van der Waals surface area contributed by atoms with Crippen molar-refractivity contribution in [3.8, 4) is 5.75 Å². The first-order valence-electron chi connectivity index (χ1n) is 7.89. The van der Waals surface area contributed by atoms with E-state index < -0.39 is 0 Å². The monoisotopic (exact) mass is 309 g/mol. The summed E-state index contributed by atoms with van der Waals surface area (Å²) in [7, 11) is 4.24. The van der Waals surface area contributed by atoms with Crippen molar-refractivity contribution in [3.63, 3.8) is 0 Å². The summed E-state index contributed by atoms with van der Waals surface area (Å²) in [6.07, 6.45) is 5.69. The van der Waals surface area contributed by atoms with Crippen LogP contribution in [0.5, 0.6) is 5.75 Å². The standard InChI is InChI=1S/C19H23N3O/c1-14(19(21(2)3)12-22-9-8-20-13-22)15-4-5-17-11-18(23)7-6-16(17)10-15/h4-11,13-14,19,23H,12H2,1-3H3. The first-order valence-corrected chi connectivity index (χ1v) is 7.89. The van der Waals surface area contributed by atoms with Crippen LogP contribution >= 0.6 is 0 Å². The number of aromatic nitrogens is 2. The second kappa shape index (κ2) is 6.42. The Hall–Kier alpha value is -2.33. The van der Waals surface area contributed by atoms with Crippen LogP contribution in [0.4, 0.5) is 0 Å². The number of likely N-dealkylation sites (N-methyl/N-ethyl adjacent to an activating group) is 1. The van der Waals surface area contributed by atoms with Gasteiger partial charge in [0.15, 0.2) is 0 Å². The number of phenols is 1. The summed E-state index contributed by atoms with van der Waals surface area (Å²) in [6, 6.07) is 12.4. The minimum Gasteiger partial charge on any atom is -0.508 e. The smallest absolute Gasteiger partial charge is 0.116 e. The SMILES string of the molecule is CC(c1ccc2cc(O)ccc2c1)C(Cn1ccnc1)N(C)C. The Bertz CT molecular complexity index is 780. The van der Waals surface area contributed by atoms with Crippen molar-refractivity contribution < 1.29 is 5.11 Å². The Morgan fingerprint density at radius 2 is 1.87 bits per heavy atom. The fourth-order valence-electron chi connectivity index (χ4n) is 3.14. The first kappa shape index (κ1) is 15.6. The van der Waals surface area contributed by atoms with E-state index in [1.165, 1.54) is 5.56 Å². The van der Waals surface area contributed by atoms with E-state index in [0.717, 1.165) is 17.3 Å². The van der Waals surface area contributed by atoms with E-state index >= 15 is 0 Å². The van der Waals surface area contributed by atoms with Gasteiger partial charge in [-0.05, 0) is 48.5 Å². The number of fused-ring (bicyclic) bond motifs is 1. The molecule has 1 N–H and O–H groups in total. The van der Waals surface area contributed by atoms with Gasteiger partial charge in [-0.1, -0.05) is 31.2 Å². The number of phenolic OH excluding ortho intramolecular Hbond substituents is 1. The summed E-state index contributed by atoms with van der Waals surface area (Å²) >= 11 is 0. The molecule has 0 radical (unpaired) electrons. The minimum atomic E-state index is 0.310. The summed E-state index contributed by atoms with van der Waals surface area (Å²) in [6.45, 7) is 3.17. The summed E-state index contributed by atoms with van der Waals surface area (Å²) in [4.78, 5) is 6.41. The van der Waals surface area contributed by atoms with E-state index in [4.69, 9.17) is 0 Å². The van der Waals surface area contributed by atoms with Gasteiger partial charge >= 0.3 is 0 Å². The number of aromatic hydroxyl groups is 1. The van der Waals surface area contributed by atoms with Gasteiger partial charge in [0.2, 0.25) is 0 Å². The van der Waals surface area contributed by atoms with E-state index in [1.807, 2.05) is 24.8 Å². The number of rotatable bonds is 5. The Balaban J connectivity index is 1.90. The average molecular weight is 309 g/mol. The molecule has 0 aliphatic carbocycles. The van der Waals surface area contributed by atoms with Gasteiger partial charge in [0.05, 0.1) is 6.33 Å². The van der Waals surface area contributed by atoms with E-state index in [1.54, 1.807) is 12.1 Å². The molecule has 4 nitrogen and oxygen atoms in total. The van der Waals surface area contributed by atoms with Crippen LogP contribution < -0.4 is 0 Å². The third-order valence-corrected chi connectivity index (χ3v) is 4.57. The fourth-order valence-corrected chi connectivity index (χ4v) is 3.14. The zero-order chi connectivity index (χ0) is 16.4. The predicted octanol–water partition coefficient (Wildman–Crippen LogP) is 3.48. The van der Waals surface area contributed by atoms with Crippen LogP contribution in [0.15, 0.2) is 55.1 Å². The third kappa shape index (κ3) is 3.37. The molecule has 2 unspecified atom stereocenters. The minimum absolute atomic E-state index is 0.310. The molecule has 23 heavy (non-hydrogen) atoms. The normalized spacial score (nSPS) is 14.3. The molecule has 4 heteroatoms. The van der Waals surface area contributed by atoms with Crippen molar-refractivity contribution >= 4 is 10.8 Å². The van der Waals surface area contributed by atoms with Gasteiger partial charge in [0.25, 0.3) is 0 Å². The summed E-state index contributed by atoms with van der Waals surface area (Å²) in [5.41, 5.74) is 1.31. The molecule has 120 valence electrons. The molecule has 0 aliphatic rings. The molecule has 1 aromatic heterocycles. The molecule has 0 bridgehead atoms. The van der Waals surface area contributed by atoms with Crippen LogP contribution in [0, 0.1) is 0 Å². The largest absolute Gasteiger partial charge is 0.508 e. The first-order chi connectivity index (χ1) is 11.0. The molecular formula is C19H23N3O. The van der Waals surface area contributed by atoms with Crippen molar-refractivity contribution in [2.24, 2.45) is 0 Å². The lowest BCUT2D eigenvalue weighted by molar-refractivity contribution is 0.233. The van der Waals surface area contributed by atoms with Crippen LogP contribution in [0.25, 0.3) is 10.8 Å². The van der Waals surface area contributed by atoms with Crippen molar-refractivity contribution in [1.29, 1.82) is 0 Å². The number of nitrogens with zero attached hydrogens (tertiary/aromatic N) is 3. The highest BCUT2D eigenvalue weighted by atomic mass is 16.3. The van der Waals surface area contributed by atoms with Crippen LogP contribution in [0.2, 0.25) is 0 Å². The molecule has 2 aromatic carbocycles. The van der Waals surface area contributed by atoms with Crippen LogP contribution in [-0.4, -0.2) is 39.7 Å². The second-order valence-corrected chi connectivity index (χ2v) is 6.37. The molecule has 1 heterocycles. The summed E-state index contributed by atoms with van der Waals surface area (Å²) in [5.74, 6) is 0.690. The highest BCUT2D eigenvalue weighted by molar-refractivity contribution is 5.84. The van der Waals surface area contributed by atoms with Crippen LogP contribution in [0.1, 0.15) is 18.4 Å². The number of benzene rings is 2. The van der Waals surface area contributed by atoms with Crippen molar-refractivity contribution in [2.75, 3.05) is 14.1 Å².